The molecule has 0 unspecified atom stereocenters. The summed E-state index contributed by atoms with van der Waals surface area (Å²) in [6, 6.07) is 11.9. The van der Waals surface area contributed by atoms with Crippen LogP contribution < -0.4 is 5.32 Å². The van der Waals surface area contributed by atoms with Crippen LogP contribution in [0.4, 0.5) is 4.39 Å². The number of benzene rings is 2. The average molecular weight is 362 g/mol. The first-order valence-corrected chi connectivity index (χ1v) is 7.95. The van der Waals surface area contributed by atoms with Gasteiger partial charge in [0.05, 0.1) is 5.02 Å². The maximum Gasteiger partial charge on any atom is 0.331 e. The van der Waals surface area contributed by atoms with Gasteiger partial charge in [0.2, 0.25) is 0 Å². The lowest BCUT2D eigenvalue weighted by atomic mass is 10.1. The van der Waals surface area contributed by atoms with Crippen molar-refractivity contribution in [1.29, 1.82) is 0 Å². The molecule has 0 bridgehead atoms. The third kappa shape index (κ3) is 5.72. The maximum absolute atomic E-state index is 13.6. The molecule has 130 valence electrons. The highest BCUT2D eigenvalue weighted by Crippen LogP contribution is 2.20. The van der Waals surface area contributed by atoms with Crippen LogP contribution in [0.25, 0.3) is 6.08 Å². The van der Waals surface area contributed by atoms with Crippen LogP contribution in [0, 0.1) is 12.7 Å². The summed E-state index contributed by atoms with van der Waals surface area (Å²) in [5.41, 5.74) is 2.13. The fourth-order valence-electron chi connectivity index (χ4n) is 2.06. The van der Waals surface area contributed by atoms with E-state index in [9.17, 15) is 14.0 Å². The van der Waals surface area contributed by atoms with Crippen LogP contribution in [-0.2, 0) is 20.9 Å². The summed E-state index contributed by atoms with van der Waals surface area (Å²) in [7, 11) is 0. The Labute approximate surface area is 150 Å². The number of hydrogen-bond acceptors (Lipinski definition) is 3. The van der Waals surface area contributed by atoms with Gasteiger partial charge in [-0.1, -0.05) is 41.9 Å². The van der Waals surface area contributed by atoms with Gasteiger partial charge >= 0.3 is 5.97 Å². The molecule has 6 heteroatoms. The second-order valence-corrected chi connectivity index (χ2v) is 5.69. The van der Waals surface area contributed by atoms with Gasteiger partial charge in [0.25, 0.3) is 5.91 Å². The van der Waals surface area contributed by atoms with Crippen molar-refractivity contribution in [2.75, 3.05) is 6.61 Å². The molecule has 2 aromatic carbocycles. The molecule has 0 aliphatic heterocycles. The summed E-state index contributed by atoms with van der Waals surface area (Å²) in [5.74, 6) is -1.73. The van der Waals surface area contributed by atoms with Crippen LogP contribution in [0.5, 0.6) is 0 Å². The van der Waals surface area contributed by atoms with Gasteiger partial charge in [0.1, 0.15) is 5.82 Å². The SMILES string of the molecule is Cc1ccccc1CNC(=O)COC(=O)/C=C/c1c(F)cccc1Cl. The van der Waals surface area contributed by atoms with E-state index in [0.29, 0.717) is 6.54 Å². The van der Waals surface area contributed by atoms with Crippen molar-refractivity contribution in [3.63, 3.8) is 0 Å². The third-order valence-electron chi connectivity index (χ3n) is 3.47. The topological polar surface area (TPSA) is 55.4 Å². The van der Waals surface area contributed by atoms with Crippen molar-refractivity contribution in [3.05, 3.63) is 76.1 Å². The predicted molar refractivity (Wildman–Crippen MR) is 94.4 cm³/mol. The van der Waals surface area contributed by atoms with E-state index in [1.807, 2.05) is 31.2 Å². The molecule has 0 radical (unpaired) electrons. The number of rotatable bonds is 6. The summed E-state index contributed by atoms with van der Waals surface area (Å²) < 4.78 is 18.4. The normalized spacial score (nSPS) is 10.7. The Kier molecular flexibility index (Phi) is 6.71. The second-order valence-electron chi connectivity index (χ2n) is 5.28. The standard InChI is InChI=1S/C19H17ClFNO3/c1-13-5-2-3-6-14(13)11-22-18(23)12-25-19(24)10-9-15-16(20)7-4-8-17(15)21/h2-10H,11-12H2,1H3,(H,22,23)/b10-9+. The van der Waals surface area contributed by atoms with E-state index in [1.54, 1.807) is 0 Å². The highest BCUT2D eigenvalue weighted by molar-refractivity contribution is 6.32. The average Bonchev–Trinajstić information content (AvgIpc) is 2.59. The van der Waals surface area contributed by atoms with E-state index >= 15 is 0 Å². The van der Waals surface area contributed by atoms with E-state index in [0.717, 1.165) is 17.2 Å². The number of amides is 1. The van der Waals surface area contributed by atoms with Crippen molar-refractivity contribution < 1.29 is 18.7 Å². The summed E-state index contributed by atoms with van der Waals surface area (Å²) in [4.78, 5) is 23.3. The first-order chi connectivity index (χ1) is 12.0. The fraction of sp³-hybridized carbons (Fsp3) is 0.158. The lowest BCUT2D eigenvalue weighted by Crippen LogP contribution is -2.28. The Balaban J connectivity index is 1.80. The Morgan fingerprint density at radius 1 is 1.20 bits per heavy atom. The Bertz CT molecular complexity index is 785. The number of aryl methyl sites for hydroxylation is 1. The zero-order valence-electron chi connectivity index (χ0n) is 13.6. The fourth-order valence-corrected chi connectivity index (χ4v) is 2.29. The van der Waals surface area contributed by atoms with Gasteiger partial charge in [-0.25, -0.2) is 9.18 Å². The molecule has 2 aromatic rings. The van der Waals surface area contributed by atoms with Crippen LogP contribution in [0.3, 0.4) is 0 Å². The van der Waals surface area contributed by atoms with Gasteiger partial charge in [0.15, 0.2) is 6.61 Å². The quantitative estimate of drug-likeness (QED) is 0.631. The minimum absolute atomic E-state index is 0.0881. The number of nitrogens with one attached hydrogen (secondary N) is 1. The van der Waals surface area contributed by atoms with Crippen LogP contribution in [0.1, 0.15) is 16.7 Å². The first-order valence-electron chi connectivity index (χ1n) is 7.57. The maximum atomic E-state index is 13.6. The van der Waals surface area contributed by atoms with Gasteiger partial charge in [-0.15, -0.1) is 0 Å². The van der Waals surface area contributed by atoms with E-state index < -0.39 is 24.3 Å². The highest BCUT2D eigenvalue weighted by Gasteiger charge is 2.07. The Morgan fingerprint density at radius 3 is 2.68 bits per heavy atom. The molecule has 0 atom stereocenters. The van der Waals surface area contributed by atoms with Gasteiger partial charge in [-0.05, 0) is 36.3 Å². The number of esters is 1. The molecule has 0 aliphatic carbocycles. The molecule has 4 nitrogen and oxygen atoms in total. The molecular weight excluding hydrogens is 345 g/mol. The zero-order valence-corrected chi connectivity index (χ0v) is 14.3. The Hall–Kier alpha value is -2.66. The molecule has 1 amide bonds. The summed E-state index contributed by atoms with van der Waals surface area (Å²) in [6.07, 6.45) is 2.24. The number of ether oxygens (including phenoxy) is 1. The molecule has 0 spiro atoms. The van der Waals surface area contributed by atoms with Crippen molar-refractivity contribution in [1.82, 2.24) is 5.32 Å². The minimum Gasteiger partial charge on any atom is -0.452 e. The van der Waals surface area contributed by atoms with Gasteiger partial charge in [0, 0.05) is 18.2 Å². The largest absolute Gasteiger partial charge is 0.452 e. The number of hydrogen-bond donors (Lipinski definition) is 1. The number of halogens is 2. The third-order valence-corrected chi connectivity index (χ3v) is 3.80. The molecule has 0 heterocycles. The molecule has 0 saturated heterocycles. The van der Waals surface area contributed by atoms with Gasteiger partial charge in [-0.2, -0.15) is 0 Å². The van der Waals surface area contributed by atoms with Crippen LogP contribution in [-0.4, -0.2) is 18.5 Å². The molecule has 0 aromatic heterocycles. The van der Waals surface area contributed by atoms with Crippen LogP contribution >= 0.6 is 11.6 Å². The van der Waals surface area contributed by atoms with E-state index in [2.05, 4.69) is 5.32 Å². The van der Waals surface area contributed by atoms with Crippen molar-refractivity contribution in [2.24, 2.45) is 0 Å². The molecule has 25 heavy (non-hydrogen) atoms. The van der Waals surface area contributed by atoms with Crippen molar-refractivity contribution in [3.8, 4) is 0 Å². The van der Waals surface area contributed by atoms with E-state index in [1.165, 1.54) is 24.3 Å². The molecule has 0 saturated carbocycles. The minimum atomic E-state index is -0.759. The van der Waals surface area contributed by atoms with Crippen LogP contribution in [0.15, 0.2) is 48.5 Å². The van der Waals surface area contributed by atoms with Gasteiger partial charge in [-0.3, -0.25) is 4.79 Å². The first kappa shape index (κ1) is 18.7. The smallest absolute Gasteiger partial charge is 0.331 e. The number of carbonyl (C=O) groups excluding carboxylic acids is 2. The Morgan fingerprint density at radius 2 is 1.96 bits per heavy atom. The molecule has 2 rings (SSSR count). The van der Waals surface area contributed by atoms with Crippen molar-refractivity contribution in [2.45, 2.75) is 13.5 Å². The molecule has 1 N–H and O–H groups in total. The second kappa shape index (κ2) is 8.99. The predicted octanol–water partition coefficient (Wildman–Crippen LogP) is 3.66. The van der Waals surface area contributed by atoms with E-state index in [-0.39, 0.29) is 10.6 Å². The summed E-state index contributed by atoms with van der Waals surface area (Å²) in [5, 5.41) is 2.85. The zero-order chi connectivity index (χ0) is 18.2. The van der Waals surface area contributed by atoms with Crippen LogP contribution in [0.2, 0.25) is 5.02 Å². The van der Waals surface area contributed by atoms with Gasteiger partial charge < -0.3 is 10.1 Å². The van der Waals surface area contributed by atoms with E-state index in [4.69, 9.17) is 16.3 Å². The monoisotopic (exact) mass is 361 g/mol. The molecule has 0 fully saturated rings. The summed E-state index contributed by atoms with van der Waals surface area (Å²) in [6.45, 7) is 1.88. The number of carbonyl (C=O) groups is 2. The lowest BCUT2D eigenvalue weighted by molar-refractivity contribution is -0.143. The molecule has 0 aliphatic rings. The van der Waals surface area contributed by atoms with Crippen molar-refractivity contribution >= 4 is 29.6 Å². The highest BCUT2D eigenvalue weighted by atomic mass is 35.5. The molecular formula is C19H17ClFNO3. The lowest BCUT2D eigenvalue weighted by Gasteiger charge is -2.07. The summed E-state index contributed by atoms with van der Waals surface area (Å²) >= 11 is 5.85.